The van der Waals surface area contributed by atoms with Gasteiger partial charge in [0.1, 0.15) is 16.7 Å². The minimum Gasteiger partial charge on any atom is -0.501 e. The standard InChI is InChI=1S/3C18H12NO.6C11H8N.3Ir/c1-12-9-10-16(19-11-12)15-7-4-6-14-13-5-2-3-8-17(13)20-18(14)15;1-12-6-9-16(19-11-12)13-7-8-15-14-4-2-3-5-17(14)20-18(15)10-13;1-12-6-8-16(19-11-12)13-7-9-18-15(10-13)14-4-2-3-5-17(14)20-18;6*1-2-6-10(7-3-1)11-8-4-5-9-12-11;;;/h3*2-6,8-11H,1H3;6*1-6,8-9H;;;/q9*-1;3*+3. The molecule has 654 valence electrons. The Balaban J connectivity index is 0.000000130. The van der Waals surface area contributed by atoms with Crippen LogP contribution in [0.3, 0.4) is 0 Å². The Bertz CT molecular complexity index is 6770. The molecule has 0 bridgehead atoms. The van der Waals surface area contributed by atoms with E-state index < -0.39 is 0 Å². The number of rotatable bonds is 9. The van der Waals surface area contributed by atoms with E-state index in [-0.39, 0.29) is 60.3 Å². The average molecular weight is 2280 g/mol. The van der Waals surface area contributed by atoms with E-state index >= 15 is 0 Å². The van der Waals surface area contributed by atoms with E-state index in [4.69, 9.17) is 13.3 Å². The van der Waals surface area contributed by atoms with E-state index in [1.165, 1.54) is 0 Å². The molecule has 12 nitrogen and oxygen atoms in total. The second-order valence-electron chi connectivity index (χ2n) is 29.7. The molecule has 12 heterocycles. The Morgan fingerprint density at radius 2 is 0.474 bits per heavy atom. The molecular formula is C120H84Ir3N9O3. The summed E-state index contributed by atoms with van der Waals surface area (Å²) in [6.45, 7) is 6.10. The van der Waals surface area contributed by atoms with Gasteiger partial charge in [-0.2, -0.15) is 0 Å². The van der Waals surface area contributed by atoms with Crippen molar-refractivity contribution < 1.29 is 73.6 Å². The van der Waals surface area contributed by atoms with Crippen LogP contribution in [0, 0.1) is 75.4 Å². The third-order valence-electron chi connectivity index (χ3n) is 20.4. The summed E-state index contributed by atoms with van der Waals surface area (Å²) >= 11 is 0. The van der Waals surface area contributed by atoms with E-state index in [0.29, 0.717) is 0 Å². The zero-order valence-electron chi connectivity index (χ0n) is 73.6. The van der Waals surface area contributed by atoms with Crippen LogP contribution in [0.15, 0.2) is 469 Å². The summed E-state index contributed by atoms with van der Waals surface area (Å²) in [6, 6.07) is 159. The summed E-state index contributed by atoms with van der Waals surface area (Å²) in [7, 11) is 0. The molecule has 12 aromatic carbocycles. The number of pyridine rings is 9. The summed E-state index contributed by atoms with van der Waals surface area (Å²) in [6.07, 6.45) is 16.3. The van der Waals surface area contributed by atoms with Crippen molar-refractivity contribution in [3.63, 3.8) is 0 Å². The SMILES string of the molecule is Cc1ccc(-c2[c-]cc3c(c2)oc2ccccc23)nc1.Cc1ccc(-c2[c-]cc3oc4ccccc4c3c2)nc1.Cc1ccc(-c2[c-]ccc3c2oc2ccccc23)nc1.[Ir+3].[Ir+3].[Ir+3].[c-]1ccccc1-c1ccccn1.[c-]1ccccc1-c1ccccn1.[c-]1ccccc1-c1ccccn1.[c-]1ccccc1-c1ccccn1.[c-]1ccccc1-c1ccccn1.[c-]1ccccc1-c1ccccn1. The fourth-order valence-electron chi connectivity index (χ4n) is 13.8. The molecule has 0 radical (unpaired) electrons. The van der Waals surface area contributed by atoms with Crippen LogP contribution in [0.4, 0.5) is 0 Å². The van der Waals surface area contributed by atoms with Gasteiger partial charge in [-0.3, -0.25) is 0 Å². The first-order chi connectivity index (χ1) is 65.2. The molecule has 15 heteroatoms. The number of furan rings is 3. The van der Waals surface area contributed by atoms with Crippen LogP contribution in [-0.2, 0) is 60.3 Å². The van der Waals surface area contributed by atoms with Crippen LogP contribution >= 0.6 is 0 Å². The number of nitrogens with zero attached hydrogens (tertiary/aromatic N) is 9. The number of para-hydroxylation sites is 3. The summed E-state index contributed by atoms with van der Waals surface area (Å²) in [5.74, 6) is 0. The number of hydrogen-bond donors (Lipinski definition) is 0. The smallest absolute Gasteiger partial charge is 0.501 e. The van der Waals surface area contributed by atoms with Crippen LogP contribution in [-0.4, -0.2) is 44.9 Å². The molecule has 24 aromatic rings. The first-order valence-corrected chi connectivity index (χ1v) is 42.8. The van der Waals surface area contributed by atoms with Gasteiger partial charge in [-0.1, -0.05) is 192 Å². The predicted molar refractivity (Wildman–Crippen MR) is 533 cm³/mol. The maximum Gasteiger partial charge on any atom is 3.00 e. The Hall–Kier alpha value is -15.7. The molecule has 135 heavy (non-hydrogen) atoms. The molecule has 0 amide bonds. The summed E-state index contributed by atoms with van der Waals surface area (Å²) in [5.41, 5.74) is 26.4. The van der Waals surface area contributed by atoms with Crippen molar-refractivity contribution in [1.82, 2.24) is 44.9 Å². The molecule has 24 rings (SSSR count). The van der Waals surface area contributed by atoms with Gasteiger partial charge in [-0.05, 0) is 149 Å². The van der Waals surface area contributed by atoms with Crippen LogP contribution in [0.25, 0.3) is 167 Å². The first-order valence-electron chi connectivity index (χ1n) is 42.8. The maximum absolute atomic E-state index is 6.00. The maximum atomic E-state index is 6.00. The van der Waals surface area contributed by atoms with Gasteiger partial charge in [0.25, 0.3) is 0 Å². The summed E-state index contributed by atoms with van der Waals surface area (Å²) in [4.78, 5) is 38.7. The minimum absolute atomic E-state index is 0. The minimum atomic E-state index is 0. The van der Waals surface area contributed by atoms with E-state index in [2.05, 4.69) is 142 Å². The average Bonchev–Trinajstić information content (AvgIpc) is 1.63. The fourth-order valence-corrected chi connectivity index (χ4v) is 13.8. The number of hydrogen-bond acceptors (Lipinski definition) is 12. The zero-order valence-corrected chi connectivity index (χ0v) is 80.7. The van der Waals surface area contributed by atoms with Gasteiger partial charge in [0.05, 0.1) is 16.7 Å². The van der Waals surface area contributed by atoms with Gasteiger partial charge in [-0.25, -0.2) is 0 Å². The molecular weight excluding hydrogens is 2190 g/mol. The molecule has 0 aliphatic carbocycles. The number of aryl methyl sites for hydroxylation is 3. The van der Waals surface area contributed by atoms with Crippen molar-refractivity contribution in [1.29, 1.82) is 0 Å². The van der Waals surface area contributed by atoms with Crippen LogP contribution in [0.1, 0.15) is 16.7 Å². The number of benzene rings is 12. The largest absolute Gasteiger partial charge is 3.00 e. The summed E-state index contributed by atoms with van der Waals surface area (Å²) < 4.78 is 17.7. The van der Waals surface area contributed by atoms with E-state index in [0.717, 1.165) is 184 Å². The zero-order chi connectivity index (χ0) is 89.9. The first kappa shape index (κ1) is 96.9. The Morgan fingerprint density at radius 1 is 0.185 bits per heavy atom. The van der Waals surface area contributed by atoms with Crippen molar-refractivity contribution in [3.8, 4) is 101 Å². The second kappa shape index (κ2) is 50.7. The van der Waals surface area contributed by atoms with Gasteiger partial charge in [0, 0.05) is 66.5 Å². The molecule has 0 unspecified atom stereocenters. The molecule has 12 aromatic heterocycles. The van der Waals surface area contributed by atoms with Crippen molar-refractivity contribution >= 4 is 65.8 Å². The monoisotopic (exact) mass is 2280 g/mol. The van der Waals surface area contributed by atoms with Gasteiger partial charge >= 0.3 is 60.3 Å². The van der Waals surface area contributed by atoms with Crippen LogP contribution in [0.2, 0.25) is 0 Å². The van der Waals surface area contributed by atoms with E-state index in [1.807, 2.05) is 397 Å². The Morgan fingerprint density at radius 3 is 0.800 bits per heavy atom. The Kier molecular flexibility index (Phi) is 36.4. The molecule has 0 aliphatic rings. The molecule has 0 fully saturated rings. The molecule has 0 saturated heterocycles. The molecule has 0 atom stereocenters. The van der Waals surface area contributed by atoms with Gasteiger partial charge in [0.15, 0.2) is 0 Å². The van der Waals surface area contributed by atoms with Crippen molar-refractivity contribution in [2.24, 2.45) is 0 Å². The number of fused-ring (bicyclic) bond motifs is 9. The molecule has 0 saturated carbocycles. The number of aromatic nitrogens is 9. The fraction of sp³-hybridized carbons (Fsp3) is 0.0250. The molecule has 0 N–H and O–H groups in total. The third-order valence-corrected chi connectivity index (χ3v) is 20.4. The quantitative estimate of drug-likeness (QED) is 0.126. The normalized spacial score (nSPS) is 10.2. The van der Waals surface area contributed by atoms with E-state index in [9.17, 15) is 0 Å². The van der Waals surface area contributed by atoms with Crippen molar-refractivity contribution in [3.05, 3.63) is 527 Å². The van der Waals surface area contributed by atoms with E-state index in [1.54, 1.807) is 37.2 Å². The summed E-state index contributed by atoms with van der Waals surface area (Å²) in [5, 5.41) is 6.70. The Labute approximate surface area is 826 Å². The molecule has 0 spiro atoms. The van der Waals surface area contributed by atoms with Gasteiger partial charge in [-0.15, -0.1) is 275 Å². The third kappa shape index (κ3) is 27.0. The van der Waals surface area contributed by atoms with Crippen molar-refractivity contribution in [2.75, 3.05) is 0 Å². The van der Waals surface area contributed by atoms with Crippen LogP contribution < -0.4 is 0 Å². The second-order valence-corrected chi connectivity index (χ2v) is 29.7. The van der Waals surface area contributed by atoms with Gasteiger partial charge in [0.2, 0.25) is 0 Å². The topological polar surface area (TPSA) is 155 Å². The predicted octanol–water partition coefficient (Wildman–Crippen LogP) is 29.6. The van der Waals surface area contributed by atoms with Gasteiger partial charge < -0.3 is 58.1 Å². The van der Waals surface area contributed by atoms with Crippen molar-refractivity contribution in [2.45, 2.75) is 20.8 Å². The molecule has 0 aliphatic heterocycles. The van der Waals surface area contributed by atoms with Crippen LogP contribution in [0.5, 0.6) is 0 Å².